The maximum Gasteiger partial charge on any atom is 0.105 e. The molecule has 0 amide bonds. The van der Waals surface area contributed by atoms with Crippen LogP contribution in [0.1, 0.15) is 6.92 Å². The van der Waals surface area contributed by atoms with Crippen LogP contribution in [0.3, 0.4) is 0 Å². The molecule has 0 rings (SSSR count). The lowest BCUT2D eigenvalue weighted by atomic mass is 10.6. The van der Waals surface area contributed by atoms with Gasteiger partial charge >= 0.3 is 0 Å². The van der Waals surface area contributed by atoms with Crippen molar-refractivity contribution in [2.45, 2.75) is 11.8 Å². The van der Waals surface area contributed by atoms with Crippen LogP contribution in [0.5, 0.6) is 0 Å². The number of hydrogen-bond acceptors (Lipinski definition) is 0. The fourth-order valence-corrected chi connectivity index (χ4v) is 0. The van der Waals surface area contributed by atoms with Crippen molar-refractivity contribution >= 4 is 23.2 Å². The first-order chi connectivity index (χ1) is 3.65. The van der Waals surface area contributed by atoms with Crippen molar-refractivity contribution in [3.8, 4) is 0 Å². The molecule has 0 radical (unpaired) electrons. The number of allylic oxidation sites excluding steroid dienone is 2. The van der Waals surface area contributed by atoms with Crippen LogP contribution < -0.4 is 0 Å². The molecule has 2 heteroatoms. The topological polar surface area (TPSA) is 0 Å². The minimum atomic E-state index is -0.222. The molecule has 0 unspecified atom stereocenters. The van der Waals surface area contributed by atoms with E-state index in [0.717, 1.165) is 0 Å². The molecule has 0 spiro atoms. The van der Waals surface area contributed by atoms with Crippen LogP contribution in [0, 0.1) is 0 Å². The first-order valence-electron chi connectivity index (χ1n) is 2.16. The van der Waals surface area contributed by atoms with Gasteiger partial charge in [-0.3, -0.25) is 0 Å². The second-order valence-corrected chi connectivity index (χ2v) is 2.52. The van der Waals surface area contributed by atoms with Crippen molar-refractivity contribution in [2.24, 2.45) is 0 Å². The van der Waals surface area contributed by atoms with E-state index >= 15 is 0 Å². The highest BCUT2D eigenvalue weighted by Gasteiger charge is 1.75. The van der Waals surface area contributed by atoms with Gasteiger partial charge in [0.05, 0.1) is 0 Å². The molecule has 0 bridgehead atoms. The summed E-state index contributed by atoms with van der Waals surface area (Å²) < 4.78 is 0. The lowest BCUT2D eigenvalue weighted by Crippen LogP contribution is -1.63. The summed E-state index contributed by atoms with van der Waals surface area (Å²) >= 11 is 10.1. The molecule has 8 heavy (non-hydrogen) atoms. The summed E-state index contributed by atoms with van der Waals surface area (Å²) in [6.07, 6.45) is 3.28. The Labute approximate surface area is 60.8 Å². The highest BCUT2D eigenvalue weighted by Crippen LogP contribution is 1.95. The first kappa shape index (κ1) is 10.9. The second kappa shape index (κ2) is 10.1. The molecule has 0 aromatic heterocycles. The van der Waals surface area contributed by atoms with Crippen LogP contribution in [0.25, 0.3) is 0 Å². The average molecular weight is 153 g/mol. The van der Waals surface area contributed by atoms with Gasteiger partial charge in [0.2, 0.25) is 0 Å². The van der Waals surface area contributed by atoms with Crippen molar-refractivity contribution in [3.05, 3.63) is 25.3 Å². The van der Waals surface area contributed by atoms with Crippen molar-refractivity contribution in [3.63, 3.8) is 0 Å². The third kappa shape index (κ3) is 138. The minimum absolute atomic E-state index is 0.222. The smallest absolute Gasteiger partial charge is 0.105 e. The highest BCUT2D eigenvalue weighted by atomic mass is 35.5. The zero-order valence-corrected chi connectivity index (χ0v) is 6.41. The number of hydrogen-bond donors (Lipinski definition) is 0. The van der Waals surface area contributed by atoms with E-state index in [-0.39, 0.29) is 4.84 Å². The van der Waals surface area contributed by atoms with E-state index in [9.17, 15) is 0 Å². The van der Waals surface area contributed by atoms with Gasteiger partial charge in [-0.1, -0.05) is 25.3 Å². The molecule has 0 fully saturated rings. The molecule has 0 aliphatic carbocycles. The van der Waals surface area contributed by atoms with Crippen LogP contribution in [-0.2, 0) is 0 Å². The molecule has 0 atom stereocenters. The van der Waals surface area contributed by atoms with Gasteiger partial charge in [0.15, 0.2) is 0 Å². The quantitative estimate of drug-likeness (QED) is 0.401. The van der Waals surface area contributed by atoms with E-state index in [0.29, 0.717) is 0 Å². The lowest BCUT2D eigenvalue weighted by molar-refractivity contribution is 1.39. The van der Waals surface area contributed by atoms with Gasteiger partial charge in [0, 0.05) is 0 Å². The molecule has 0 aliphatic rings. The van der Waals surface area contributed by atoms with Gasteiger partial charge in [-0.15, -0.1) is 23.2 Å². The molecule has 0 heterocycles. The Morgan fingerprint density at radius 1 is 1.25 bits per heavy atom. The normalized spacial score (nSPS) is 7.00. The van der Waals surface area contributed by atoms with Crippen molar-refractivity contribution in [1.29, 1.82) is 0 Å². The summed E-state index contributed by atoms with van der Waals surface area (Å²) in [6, 6.07) is 0. The predicted molar refractivity (Wildman–Crippen MR) is 41.6 cm³/mol. The Morgan fingerprint density at radius 3 is 1.38 bits per heavy atom. The first-order valence-corrected chi connectivity index (χ1v) is 3.04. The van der Waals surface area contributed by atoms with E-state index < -0.39 is 0 Å². The Hall–Kier alpha value is 0.0600. The molecule has 0 aliphatic heterocycles. The zero-order chi connectivity index (χ0) is 6.99. The van der Waals surface area contributed by atoms with Crippen molar-refractivity contribution < 1.29 is 0 Å². The minimum Gasteiger partial charge on any atom is -0.106 e. The van der Waals surface area contributed by atoms with Crippen molar-refractivity contribution in [2.75, 3.05) is 0 Å². The molecular weight excluding hydrogens is 143 g/mol. The largest absolute Gasteiger partial charge is 0.106 e. The van der Waals surface area contributed by atoms with Crippen LogP contribution in [-0.4, -0.2) is 4.84 Å². The third-order valence-electron chi connectivity index (χ3n) is 0.167. The summed E-state index contributed by atoms with van der Waals surface area (Å²) in [6.45, 7) is 8.42. The number of alkyl halides is 2. The van der Waals surface area contributed by atoms with Gasteiger partial charge in [-0.05, 0) is 6.92 Å². The average Bonchev–Trinajstić information content (AvgIpc) is 1.65. The molecule has 48 valence electrons. The Bertz CT molecular complexity index is 48.8. The number of halogens is 2. The molecular formula is C6H10Cl2. The molecule has 0 nitrogen and oxygen atoms in total. The summed E-state index contributed by atoms with van der Waals surface area (Å²) in [5.74, 6) is 0. The summed E-state index contributed by atoms with van der Waals surface area (Å²) in [5, 5.41) is 0. The second-order valence-electron chi connectivity index (χ2n) is 0.990. The molecule has 0 aromatic rings. The monoisotopic (exact) mass is 152 g/mol. The van der Waals surface area contributed by atoms with Crippen LogP contribution in [0.4, 0.5) is 0 Å². The van der Waals surface area contributed by atoms with Gasteiger partial charge in [-0.25, -0.2) is 0 Å². The summed E-state index contributed by atoms with van der Waals surface area (Å²) in [7, 11) is 0. The highest BCUT2D eigenvalue weighted by molar-refractivity contribution is 6.43. The SMILES string of the molecule is C=CC=C.CC(Cl)Cl. The Balaban J connectivity index is 0. The van der Waals surface area contributed by atoms with Gasteiger partial charge in [0.25, 0.3) is 0 Å². The van der Waals surface area contributed by atoms with Gasteiger partial charge in [0.1, 0.15) is 4.84 Å². The van der Waals surface area contributed by atoms with E-state index in [1.165, 1.54) is 0 Å². The van der Waals surface area contributed by atoms with E-state index in [2.05, 4.69) is 13.2 Å². The van der Waals surface area contributed by atoms with E-state index in [1.54, 1.807) is 19.1 Å². The zero-order valence-electron chi connectivity index (χ0n) is 4.90. The van der Waals surface area contributed by atoms with Crippen LogP contribution >= 0.6 is 23.2 Å². The van der Waals surface area contributed by atoms with Crippen molar-refractivity contribution in [1.82, 2.24) is 0 Å². The standard InChI is InChI=1S/C4H6.C2H4Cl2/c1-3-4-2;1-2(3)4/h3-4H,1-2H2;2H,1H3. The molecule has 0 N–H and O–H groups in total. The summed E-state index contributed by atoms with van der Waals surface area (Å²) in [5.41, 5.74) is 0. The van der Waals surface area contributed by atoms with E-state index in [1.807, 2.05) is 0 Å². The lowest BCUT2D eigenvalue weighted by Gasteiger charge is -1.72. The molecule has 0 saturated heterocycles. The van der Waals surface area contributed by atoms with Crippen LogP contribution in [0.15, 0.2) is 25.3 Å². The fraction of sp³-hybridized carbons (Fsp3) is 0.333. The van der Waals surface area contributed by atoms with Gasteiger partial charge in [-0.2, -0.15) is 0 Å². The Kier molecular flexibility index (Phi) is 13.8. The summed E-state index contributed by atoms with van der Waals surface area (Å²) in [4.78, 5) is -0.222. The molecule has 0 saturated carbocycles. The maximum absolute atomic E-state index is 5.04. The van der Waals surface area contributed by atoms with E-state index in [4.69, 9.17) is 23.2 Å². The predicted octanol–water partition coefficient (Wildman–Crippen LogP) is 3.17. The maximum atomic E-state index is 5.04. The Morgan fingerprint density at radius 2 is 1.38 bits per heavy atom. The van der Waals surface area contributed by atoms with Gasteiger partial charge < -0.3 is 0 Å². The number of rotatable bonds is 1. The molecule has 0 aromatic carbocycles. The van der Waals surface area contributed by atoms with Crippen LogP contribution in [0.2, 0.25) is 0 Å². The fourth-order valence-electron chi connectivity index (χ4n) is 0. The third-order valence-corrected chi connectivity index (χ3v) is 0.167.